The smallest absolute Gasteiger partial charge is 0.230 e. The van der Waals surface area contributed by atoms with Crippen LogP contribution in [0.3, 0.4) is 0 Å². The molecule has 2 aromatic carbocycles. The highest BCUT2D eigenvalue weighted by Gasteiger charge is 2.10. The second-order valence-corrected chi connectivity index (χ2v) is 6.29. The van der Waals surface area contributed by atoms with Crippen LogP contribution in [-0.4, -0.2) is 18.8 Å². The number of ether oxygens (including phenoxy) is 1. The molecule has 0 aliphatic carbocycles. The molecule has 22 heavy (non-hydrogen) atoms. The molecule has 2 rings (SSSR count). The second kappa shape index (κ2) is 8.11. The van der Waals surface area contributed by atoms with Crippen LogP contribution < -0.4 is 10.1 Å². The first-order valence-corrected chi connectivity index (χ1v) is 8.26. The molecule has 0 aliphatic rings. The van der Waals surface area contributed by atoms with Crippen molar-refractivity contribution in [2.75, 3.05) is 12.9 Å². The van der Waals surface area contributed by atoms with Gasteiger partial charge in [-0.2, -0.15) is 0 Å². The number of rotatable bonds is 6. The Morgan fingerprint density at radius 2 is 1.82 bits per heavy atom. The number of thioether (sulfide) groups is 1. The Morgan fingerprint density at radius 1 is 1.18 bits per heavy atom. The molecule has 0 unspecified atom stereocenters. The van der Waals surface area contributed by atoms with E-state index in [4.69, 9.17) is 16.3 Å². The number of benzene rings is 2. The molecular formula is C17H18ClNO2S. The summed E-state index contributed by atoms with van der Waals surface area (Å²) in [5.41, 5.74) is 1.03. The van der Waals surface area contributed by atoms with Crippen LogP contribution >= 0.6 is 23.4 Å². The van der Waals surface area contributed by atoms with Crippen LogP contribution in [0.25, 0.3) is 0 Å². The van der Waals surface area contributed by atoms with Crippen LogP contribution in [0.1, 0.15) is 18.5 Å². The molecule has 0 fully saturated rings. The minimum Gasteiger partial charge on any atom is -0.497 e. The van der Waals surface area contributed by atoms with Crippen molar-refractivity contribution in [1.82, 2.24) is 5.32 Å². The van der Waals surface area contributed by atoms with Crippen molar-refractivity contribution in [3.05, 3.63) is 59.1 Å². The van der Waals surface area contributed by atoms with Gasteiger partial charge in [0.15, 0.2) is 0 Å². The van der Waals surface area contributed by atoms with Crippen LogP contribution in [0, 0.1) is 0 Å². The molecule has 5 heteroatoms. The van der Waals surface area contributed by atoms with Crippen molar-refractivity contribution in [2.45, 2.75) is 17.9 Å². The zero-order valence-electron chi connectivity index (χ0n) is 12.5. The van der Waals surface area contributed by atoms with Gasteiger partial charge in [-0.1, -0.05) is 23.7 Å². The number of carbonyl (C=O) groups excluding carboxylic acids is 1. The molecule has 1 amide bonds. The number of hydrogen-bond acceptors (Lipinski definition) is 3. The third kappa shape index (κ3) is 4.97. The third-order valence-electron chi connectivity index (χ3n) is 3.18. The standard InChI is InChI=1S/C17H18ClNO2S/c1-12(13-3-5-14(18)6-4-13)19-17(20)11-22-16-9-7-15(21-2)8-10-16/h3-10,12H,11H2,1-2H3,(H,19,20)/t12-/m0/s1. The molecule has 0 spiro atoms. The van der Waals surface area contributed by atoms with E-state index in [1.54, 1.807) is 7.11 Å². The van der Waals surface area contributed by atoms with Crippen LogP contribution in [0.5, 0.6) is 5.75 Å². The molecule has 3 nitrogen and oxygen atoms in total. The van der Waals surface area contributed by atoms with Crippen molar-refractivity contribution in [3.8, 4) is 5.75 Å². The monoisotopic (exact) mass is 335 g/mol. The molecule has 0 saturated carbocycles. The Labute approximate surface area is 140 Å². The highest BCUT2D eigenvalue weighted by Crippen LogP contribution is 2.21. The van der Waals surface area contributed by atoms with E-state index in [9.17, 15) is 4.79 Å². The van der Waals surface area contributed by atoms with Gasteiger partial charge in [0.05, 0.1) is 18.9 Å². The number of hydrogen-bond donors (Lipinski definition) is 1. The zero-order valence-corrected chi connectivity index (χ0v) is 14.1. The number of amides is 1. The molecule has 0 heterocycles. The molecule has 0 saturated heterocycles. The zero-order chi connectivity index (χ0) is 15.9. The fraction of sp³-hybridized carbons (Fsp3) is 0.235. The Balaban J connectivity index is 1.83. The van der Waals surface area contributed by atoms with E-state index in [0.717, 1.165) is 16.2 Å². The van der Waals surface area contributed by atoms with Gasteiger partial charge in [0.1, 0.15) is 5.75 Å². The van der Waals surface area contributed by atoms with Crippen molar-refractivity contribution in [1.29, 1.82) is 0 Å². The van der Waals surface area contributed by atoms with Crippen LogP contribution in [0.4, 0.5) is 0 Å². The number of halogens is 1. The maximum atomic E-state index is 12.0. The first-order chi connectivity index (χ1) is 10.6. The topological polar surface area (TPSA) is 38.3 Å². The predicted octanol–water partition coefficient (Wildman–Crippen LogP) is 4.32. The average molecular weight is 336 g/mol. The Morgan fingerprint density at radius 3 is 2.41 bits per heavy atom. The molecule has 0 aromatic heterocycles. The minimum atomic E-state index is -0.0405. The lowest BCUT2D eigenvalue weighted by molar-refractivity contribution is -0.119. The number of methoxy groups -OCH3 is 1. The fourth-order valence-corrected chi connectivity index (χ4v) is 2.77. The largest absolute Gasteiger partial charge is 0.497 e. The summed E-state index contributed by atoms with van der Waals surface area (Å²) >= 11 is 7.36. The molecule has 116 valence electrons. The Hall–Kier alpha value is -1.65. The summed E-state index contributed by atoms with van der Waals surface area (Å²) < 4.78 is 5.11. The fourth-order valence-electron chi connectivity index (χ4n) is 1.94. The van der Waals surface area contributed by atoms with E-state index in [0.29, 0.717) is 10.8 Å². The van der Waals surface area contributed by atoms with E-state index < -0.39 is 0 Å². The SMILES string of the molecule is COc1ccc(SCC(=O)N[C@@H](C)c2ccc(Cl)cc2)cc1. The quantitative estimate of drug-likeness (QED) is 0.799. The molecule has 1 atom stereocenters. The predicted molar refractivity (Wildman–Crippen MR) is 91.7 cm³/mol. The van der Waals surface area contributed by atoms with Gasteiger partial charge in [0.2, 0.25) is 5.91 Å². The second-order valence-electron chi connectivity index (χ2n) is 4.80. The number of nitrogens with one attached hydrogen (secondary N) is 1. The Bertz CT molecular complexity index is 614. The lowest BCUT2D eigenvalue weighted by Gasteiger charge is -2.14. The van der Waals surface area contributed by atoms with Crippen molar-refractivity contribution < 1.29 is 9.53 Å². The number of carbonyl (C=O) groups is 1. The van der Waals surface area contributed by atoms with Gasteiger partial charge in [0, 0.05) is 9.92 Å². The lowest BCUT2D eigenvalue weighted by atomic mass is 10.1. The van der Waals surface area contributed by atoms with Gasteiger partial charge in [-0.05, 0) is 48.9 Å². The summed E-state index contributed by atoms with van der Waals surface area (Å²) in [5, 5.41) is 3.67. The molecule has 2 aromatic rings. The van der Waals surface area contributed by atoms with Crippen molar-refractivity contribution >= 4 is 29.3 Å². The molecule has 0 bridgehead atoms. The molecule has 0 radical (unpaired) electrons. The maximum Gasteiger partial charge on any atom is 0.230 e. The van der Waals surface area contributed by atoms with E-state index in [-0.39, 0.29) is 11.9 Å². The van der Waals surface area contributed by atoms with E-state index in [2.05, 4.69) is 5.32 Å². The van der Waals surface area contributed by atoms with Crippen LogP contribution in [0.2, 0.25) is 5.02 Å². The van der Waals surface area contributed by atoms with E-state index in [1.807, 2.05) is 55.5 Å². The summed E-state index contributed by atoms with van der Waals surface area (Å²) in [6.07, 6.45) is 0. The highest BCUT2D eigenvalue weighted by molar-refractivity contribution is 8.00. The van der Waals surface area contributed by atoms with Crippen molar-refractivity contribution in [2.24, 2.45) is 0 Å². The maximum absolute atomic E-state index is 12.0. The first kappa shape index (κ1) is 16.7. The Kier molecular flexibility index (Phi) is 6.16. The highest BCUT2D eigenvalue weighted by atomic mass is 35.5. The minimum absolute atomic E-state index is 0.00303. The van der Waals surface area contributed by atoms with Gasteiger partial charge in [-0.15, -0.1) is 11.8 Å². The first-order valence-electron chi connectivity index (χ1n) is 6.90. The summed E-state index contributed by atoms with van der Waals surface area (Å²) in [6, 6.07) is 15.1. The summed E-state index contributed by atoms with van der Waals surface area (Å²) in [6.45, 7) is 1.96. The van der Waals surface area contributed by atoms with Crippen LogP contribution in [0.15, 0.2) is 53.4 Å². The van der Waals surface area contributed by atoms with Gasteiger partial charge < -0.3 is 10.1 Å². The van der Waals surface area contributed by atoms with E-state index in [1.165, 1.54) is 11.8 Å². The third-order valence-corrected chi connectivity index (χ3v) is 4.44. The summed E-state index contributed by atoms with van der Waals surface area (Å²) in [5.74, 6) is 1.19. The van der Waals surface area contributed by atoms with Crippen LogP contribution in [-0.2, 0) is 4.79 Å². The molecule has 0 aliphatic heterocycles. The van der Waals surface area contributed by atoms with Gasteiger partial charge in [-0.3, -0.25) is 4.79 Å². The normalized spacial score (nSPS) is 11.8. The van der Waals surface area contributed by atoms with Gasteiger partial charge >= 0.3 is 0 Å². The molecular weight excluding hydrogens is 318 g/mol. The summed E-state index contributed by atoms with van der Waals surface area (Å²) in [7, 11) is 1.63. The van der Waals surface area contributed by atoms with Gasteiger partial charge in [0.25, 0.3) is 0 Å². The average Bonchev–Trinajstić information content (AvgIpc) is 2.54. The lowest BCUT2D eigenvalue weighted by Crippen LogP contribution is -2.28. The summed E-state index contributed by atoms with van der Waals surface area (Å²) in [4.78, 5) is 13.0. The molecule has 1 N–H and O–H groups in total. The van der Waals surface area contributed by atoms with Crippen molar-refractivity contribution in [3.63, 3.8) is 0 Å². The van der Waals surface area contributed by atoms with E-state index >= 15 is 0 Å². The van der Waals surface area contributed by atoms with Gasteiger partial charge in [-0.25, -0.2) is 0 Å².